The summed E-state index contributed by atoms with van der Waals surface area (Å²) in [6.45, 7) is 4.25. The number of thiophene rings is 1. The van der Waals surface area contributed by atoms with Gasteiger partial charge in [0.05, 0.1) is 24.6 Å². The average molecular weight is 424 g/mol. The molecular formula is C17H18ClN5O2S2. The molecule has 0 saturated carbocycles. The highest BCUT2D eigenvalue weighted by atomic mass is 35.5. The maximum absolute atomic E-state index is 12.6. The van der Waals surface area contributed by atoms with Gasteiger partial charge in [0, 0.05) is 16.0 Å². The van der Waals surface area contributed by atoms with Crippen molar-refractivity contribution in [2.45, 2.75) is 30.8 Å². The fourth-order valence-corrected chi connectivity index (χ4v) is 3.93. The number of benzene rings is 1. The maximum atomic E-state index is 12.6. The van der Waals surface area contributed by atoms with E-state index in [1.807, 2.05) is 24.4 Å². The van der Waals surface area contributed by atoms with Crippen LogP contribution in [0.1, 0.15) is 17.4 Å². The Hall–Kier alpha value is -2.10. The largest absolute Gasteiger partial charge is 0.495 e. The van der Waals surface area contributed by atoms with Crippen LogP contribution in [0, 0.1) is 6.92 Å². The maximum Gasteiger partial charge on any atom is 0.237 e. The molecule has 27 heavy (non-hydrogen) atoms. The molecule has 0 spiro atoms. The van der Waals surface area contributed by atoms with Crippen molar-refractivity contribution in [1.82, 2.24) is 20.2 Å². The second-order valence-electron chi connectivity index (χ2n) is 5.75. The number of nitrogens with zero attached hydrogens (tertiary/aromatic N) is 4. The highest BCUT2D eigenvalue weighted by molar-refractivity contribution is 8.00. The molecule has 1 aromatic carbocycles. The molecule has 3 aromatic rings. The summed E-state index contributed by atoms with van der Waals surface area (Å²) in [4.78, 5) is 13.8. The standard InChI is InChI=1S/C17H18ClN5O2S2/c1-10-7-14(15(25-3)8-13(10)18)19-16(24)11(2)27-17-20-21-22-23(17)9-12-5-4-6-26-12/h4-8,11H,9H2,1-3H3,(H,19,24). The number of halogens is 1. The Morgan fingerprint density at radius 2 is 2.30 bits per heavy atom. The van der Waals surface area contributed by atoms with E-state index in [4.69, 9.17) is 16.3 Å². The Kier molecular flexibility index (Phi) is 6.35. The molecule has 142 valence electrons. The summed E-state index contributed by atoms with van der Waals surface area (Å²) >= 11 is 9.05. The Bertz CT molecular complexity index is 930. The first-order valence-electron chi connectivity index (χ1n) is 8.08. The number of hydrogen-bond donors (Lipinski definition) is 1. The number of carbonyl (C=O) groups is 1. The zero-order valence-corrected chi connectivity index (χ0v) is 17.4. The van der Waals surface area contributed by atoms with Crippen molar-refractivity contribution in [3.8, 4) is 5.75 Å². The van der Waals surface area contributed by atoms with Gasteiger partial charge in [0.2, 0.25) is 11.1 Å². The molecule has 0 aliphatic heterocycles. The summed E-state index contributed by atoms with van der Waals surface area (Å²) in [5.41, 5.74) is 1.43. The quantitative estimate of drug-likeness (QED) is 0.581. The second-order valence-corrected chi connectivity index (χ2v) is 8.50. The van der Waals surface area contributed by atoms with Crippen LogP contribution in [0.4, 0.5) is 5.69 Å². The van der Waals surface area contributed by atoms with Crippen LogP contribution < -0.4 is 10.1 Å². The summed E-state index contributed by atoms with van der Waals surface area (Å²) in [6.07, 6.45) is 0. The van der Waals surface area contributed by atoms with Crippen LogP contribution in [0.15, 0.2) is 34.8 Å². The Morgan fingerprint density at radius 3 is 3.00 bits per heavy atom. The van der Waals surface area contributed by atoms with Crippen molar-refractivity contribution >= 4 is 46.3 Å². The first-order chi connectivity index (χ1) is 13.0. The van der Waals surface area contributed by atoms with E-state index >= 15 is 0 Å². The minimum Gasteiger partial charge on any atom is -0.495 e. The van der Waals surface area contributed by atoms with Crippen LogP contribution in [-0.2, 0) is 11.3 Å². The van der Waals surface area contributed by atoms with E-state index in [-0.39, 0.29) is 5.91 Å². The lowest BCUT2D eigenvalue weighted by molar-refractivity contribution is -0.115. The lowest BCUT2D eigenvalue weighted by atomic mass is 10.2. The van der Waals surface area contributed by atoms with Crippen LogP contribution in [0.2, 0.25) is 5.02 Å². The van der Waals surface area contributed by atoms with E-state index in [0.29, 0.717) is 28.2 Å². The molecular weight excluding hydrogens is 406 g/mol. The van der Waals surface area contributed by atoms with Gasteiger partial charge in [0.15, 0.2) is 0 Å². The number of ether oxygens (including phenoxy) is 1. The Morgan fingerprint density at radius 1 is 1.48 bits per heavy atom. The van der Waals surface area contributed by atoms with E-state index in [0.717, 1.165) is 10.4 Å². The Balaban J connectivity index is 1.69. The van der Waals surface area contributed by atoms with Gasteiger partial charge in [-0.15, -0.1) is 16.4 Å². The molecule has 1 N–H and O–H groups in total. The number of aromatic nitrogens is 4. The third-order valence-corrected chi connectivity index (χ3v) is 6.11. The molecule has 3 rings (SSSR count). The molecule has 2 aromatic heterocycles. The van der Waals surface area contributed by atoms with E-state index < -0.39 is 5.25 Å². The molecule has 1 atom stereocenters. The fraction of sp³-hybridized carbons (Fsp3) is 0.294. The van der Waals surface area contributed by atoms with Gasteiger partial charge in [-0.25, -0.2) is 4.68 Å². The third-order valence-electron chi connectivity index (χ3n) is 3.77. The summed E-state index contributed by atoms with van der Waals surface area (Å²) in [5.74, 6) is 0.337. The van der Waals surface area contributed by atoms with Crippen LogP contribution in [0.3, 0.4) is 0 Å². The van der Waals surface area contributed by atoms with Crippen molar-refractivity contribution in [2.75, 3.05) is 12.4 Å². The summed E-state index contributed by atoms with van der Waals surface area (Å²) < 4.78 is 6.99. The first-order valence-corrected chi connectivity index (χ1v) is 10.2. The summed E-state index contributed by atoms with van der Waals surface area (Å²) in [6, 6.07) is 7.48. The molecule has 2 heterocycles. The van der Waals surface area contributed by atoms with E-state index in [2.05, 4.69) is 20.8 Å². The van der Waals surface area contributed by atoms with Gasteiger partial charge >= 0.3 is 0 Å². The average Bonchev–Trinajstić information content (AvgIpc) is 3.30. The van der Waals surface area contributed by atoms with Gasteiger partial charge in [-0.05, 0) is 47.4 Å². The molecule has 0 aliphatic rings. The van der Waals surface area contributed by atoms with Crippen molar-refractivity contribution in [1.29, 1.82) is 0 Å². The highest BCUT2D eigenvalue weighted by Crippen LogP contribution is 2.32. The predicted molar refractivity (Wildman–Crippen MR) is 108 cm³/mol. The minimum atomic E-state index is -0.404. The SMILES string of the molecule is COc1cc(Cl)c(C)cc1NC(=O)C(C)Sc1nnnn1Cc1cccs1. The molecule has 0 bridgehead atoms. The van der Waals surface area contributed by atoms with Gasteiger partial charge in [0.1, 0.15) is 5.75 Å². The van der Waals surface area contributed by atoms with Crippen molar-refractivity contribution in [3.63, 3.8) is 0 Å². The number of hydrogen-bond acceptors (Lipinski definition) is 7. The first kappa shape index (κ1) is 19.7. The normalized spacial score (nSPS) is 12.0. The van der Waals surface area contributed by atoms with Crippen LogP contribution in [0.25, 0.3) is 0 Å². The van der Waals surface area contributed by atoms with E-state index in [1.54, 1.807) is 35.1 Å². The number of nitrogens with one attached hydrogen (secondary N) is 1. The second kappa shape index (κ2) is 8.73. The number of carbonyl (C=O) groups excluding carboxylic acids is 1. The number of aryl methyl sites for hydroxylation is 1. The van der Waals surface area contributed by atoms with Crippen LogP contribution in [0.5, 0.6) is 5.75 Å². The number of methoxy groups -OCH3 is 1. The number of amides is 1. The smallest absolute Gasteiger partial charge is 0.237 e. The van der Waals surface area contributed by atoms with Crippen molar-refractivity contribution in [3.05, 3.63) is 45.1 Å². The zero-order chi connectivity index (χ0) is 19.4. The van der Waals surface area contributed by atoms with Crippen LogP contribution >= 0.6 is 34.7 Å². The van der Waals surface area contributed by atoms with Crippen molar-refractivity contribution in [2.24, 2.45) is 0 Å². The molecule has 1 unspecified atom stereocenters. The van der Waals surface area contributed by atoms with Crippen LogP contribution in [-0.4, -0.2) is 38.5 Å². The molecule has 0 aliphatic carbocycles. The zero-order valence-electron chi connectivity index (χ0n) is 15.0. The predicted octanol–water partition coefficient (Wildman–Crippen LogP) is 3.87. The molecule has 0 radical (unpaired) electrons. The van der Waals surface area contributed by atoms with E-state index in [9.17, 15) is 4.79 Å². The van der Waals surface area contributed by atoms with Gasteiger partial charge in [-0.3, -0.25) is 4.79 Å². The van der Waals surface area contributed by atoms with Gasteiger partial charge < -0.3 is 10.1 Å². The van der Waals surface area contributed by atoms with Gasteiger partial charge in [-0.1, -0.05) is 29.4 Å². The minimum absolute atomic E-state index is 0.175. The lowest BCUT2D eigenvalue weighted by Gasteiger charge is -2.15. The van der Waals surface area contributed by atoms with Gasteiger partial charge in [0.25, 0.3) is 0 Å². The molecule has 0 fully saturated rings. The van der Waals surface area contributed by atoms with Gasteiger partial charge in [-0.2, -0.15) is 0 Å². The number of anilines is 1. The van der Waals surface area contributed by atoms with E-state index in [1.165, 1.54) is 18.9 Å². The number of thioether (sulfide) groups is 1. The molecule has 7 nitrogen and oxygen atoms in total. The third kappa shape index (κ3) is 4.79. The Labute approximate surface area is 170 Å². The fourth-order valence-electron chi connectivity index (χ4n) is 2.31. The highest BCUT2D eigenvalue weighted by Gasteiger charge is 2.20. The lowest BCUT2D eigenvalue weighted by Crippen LogP contribution is -2.23. The summed E-state index contributed by atoms with van der Waals surface area (Å²) in [5, 5.41) is 17.4. The monoisotopic (exact) mass is 423 g/mol. The molecule has 10 heteroatoms. The molecule has 1 amide bonds. The molecule has 0 saturated heterocycles. The summed E-state index contributed by atoms with van der Waals surface area (Å²) in [7, 11) is 1.54. The number of tetrazole rings is 1. The topological polar surface area (TPSA) is 81.9 Å². The van der Waals surface area contributed by atoms with Crippen molar-refractivity contribution < 1.29 is 9.53 Å². The number of rotatable bonds is 7.